The lowest BCUT2D eigenvalue weighted by Gasteiger charge is -2.27. The van der Waals surface area contributed by atoms with Crippen molar-refractivity contribution in [2.75, 3.05) is 0 Å². The predicted molar refractivity (Wildman–Crippen MR) is 106 cm³/mol. The standard InChI is InChI=1S/C24H25F5O/c1-2-3-4-5-16-6-8-17(9-7-16)18-10-12-19(13-11-18)24(28,29)30-20-14-21(25)23(27)22(26)15-20/h4-5,10-17H,2-3,6-9H2,1H3/t16-,17-. The molecule has 1 aliphatic rings. The molecule has 0 aromatic heterocycles. The second kappa shape index (κ2) is 9.63. The molecule has 0 atom stereocenters. The average molecular weight is 424 g/mol. The van der Waals surface area contributed by atoms with E-state index in [9.17, 15) is 22.0 Å². The molecule has 2 aromatic carbocycles. The van der Waals surface area contributed by atoms with E-state index in [1.54, 1.807) is 12.1 Å². The molecule has 0 N–H and O–H groups in total. The summed E-state index contributed by atoms with van der Waals surface area (Å²) >= 11 is 0. The van der Waals surface area contributed by atoms with E-state index in [-0.39, 0.29) is 0 Å². The summed E-state index contributed by atoms with van der Waals surface area (Å²) in [6.07, 6.45) is 7.11. The van der Waals surface area contributed by atoms with Crippen LogP contribution in [0.15, 0.2) is 48.6 Å². The number of hydrogen-bond acceptors (Lipinski definition) is 1. The third kappa shape index (κ3) is 5.41. The maximum Gasteiger partial charge on any atom is 0.426 e. The van der Waals surface area contributed by atoms with Gasteiger partial charge in [-0.1, -0.05) is 37.6 Å². The number of halogens is 5. The van der Waals surface area contributed by atoms with Crippen LogP contribution < -0.4 is 4.74 Å². The number of benzene rings is 2. The molecule has 0 heterocycles. The first-order valence-corrected chi connectivity index (χ1v) is 10.3. The fourth-order valence-corrected chi connectivity index (χ4v) is 3.85. The lowest BCUT2D eigenvalue weighted by atomic mass is 9.78. The van der Waals surface area contributed by atoms with Gasteiger partial charge in [0, 0.05) is 12.1 Å². The zero-order chi connectivity index (χ0) is 21.7. The van der Waals surface area contributed by atoms with Gasteiger partial charge < -0.3 is 4.74 Å². The highest BCUT2D eigenvalue weighted by Crippen LogP contribution is 2.38. The Labute approximate surface area is 173 Å². The maximum atomic E-state index is 14.4. The van der Waals surface area contributed by atoms with Crippen molar-refractivity contribution in [3.05, 3.63) is 77.1 Å². The summed E-state index contributed by atoms with van der Waals surface area (Å²) in [6.45, 7) is 2.15. The van der Waals surface area contributed by atoms with E-state index in [1.807, 2.05) is 0 Å². The molecular formula is C24H25F5O. The van der Waals surface area contributed by atoms with Crippen molar-refractivity contribution in [2.45, 2.75) is 57.5 Å². The minimum absolute atomic E-state index is 0.324. The van der Waals surface area contributed by atoms with Crippen LogP contribution >= 0.6 is 0 Å². The summed E-state index contributed by atoms with van der Waals surface area (Å²) in [7, 11) is 0. The molecule has 0 radical (unpaired) electrons. The highest BCUT2D eigenvalue weighted by Gasteiger charge is 2.35. The molecule has 0 aliphatic heterocycles. The number of rotatable bonds is 7. The summed E-state index contributed by atoms with van der Waals surface area (Å²) in [6, 6.07) is 6.62. The Bertz CT molecular complexity index is 845. The molecule has 3 rings (SSSR count). The Balaban J connectivity index is 1.63. The number of hydrogen-bond donors (Lipinski definition) is 0. The second-order valence-electron chi connectivity index (χ2n) is 7.77. The molecule has 0 bridgehead atoms. The van der Waals surface area contributed by atoms with Gasteiger partial charge >= 0.3 is 6.11 Å². The number of allylic oxidation sites excluding steroid dienone is 2. The molecule has 30 heavy (non-hydrogen) atoms. The van der Waals surface area contributed by atoms with Gasteiger partial charge in [0.2, 0.25) is 0 Å². The molecule has 1 aliphatic carbocycles. The third-order valence-corrected chi connectivity index (χ3v) is 5.56. The molecule has 162 valence electrons. The molecule has 1 nitrogen and oxygen atoms in total. The van der Waals surface area contributed by atoms with Crippen molar-refractivity contribution in [3.63, 3.8) is 0 Å². The fourth-order valence-electron chi connectivity index (χ4n) is 3.85. The van der Waals surface area contributed by atoms with E-state index in [1.165, 1.54) is 12.1 Å². The fraction of sp³-hybridized carbons (Fsp3) is 0.417. The first kappa shape index (κ1) is 22.3. The van der Waals surface area contributed by atoms with E-state index < -0.39 is 34.9 Å². The highest BCUT2D eigenvalue weighted by atomic mass is 19.3. The monoisotopic (exact) mass is 424 g/mol. The van der Waals surface area contributed by atoms with Crippen molar-refractivity contribution < 1.29 is 26.7 Å². The number of ether oxygens (including phenoxy) is 1. The van der Waals surface area contributed by atoms with Crippen LogP contribution in [0.2, 0.25) is 0 Å². The van der Waals surface area contributed by atoms with Gasteiger partial charge in [0.25, 0.3) is 0 Å². The van der Waals surface area contributed by atoms with Gasteiger partial charge in [-0.05, 0) is 61.6 Å². The van der Waals surface area contributed by atoms with Crippen LogP contribution in [-0.4, -0.2) is 0 Å². The Morgan fingerprint density at radius 1 is 0.967 bits per heavy atom. The van der Waals surface area contributed by atoms with Crippen LogP contribution in [0, 0.1) is 23.4 Å². The van der Waals surface area contributed by atoms with E-state index in [2.05, 4.69) is 23.8 Å². The second-order valence-corrected chi connectivity index (χ2v) is 7.77. The lowest BCUT2D eigenvalue weighted by molar-refractivity contribution is -0.185. The van der Waals surface area contributed by atoms with Gasteiger partial charge in [-0.2, -0.15) is 8.78 Å². The first-order valence-electron chi connectivity index (χ1n) is 10.3. The molecule has 0 spiro atoms. The van der Waals surface area contributed by atoms with Crippen molar-refractivity contribution >= 4 is 0 Å². The molecular weight excluding hydrogens is 399 g/mol. The molecule has 0 unspecified atom stereocenters. The zero-order valence-corrected chi connectivity index (χ0v) is 16.8. The van der Waals surface area contributed by atoms with E-state index in [0.717, 1.165) is 44.1 Å². The van der Waals surface area contributed by atoms with Crippen LogP contribution in [0.3, 0.4) is 0 Å². The Hall–Kier alpha value is -2.37. The third-order valence-electron chi connectivity index (χ3n) is 5.56. The zero-order valence-electron chi connectivity index (χ0n) is 16.8. The average Bonchev–Trinajstić information content (AvgIpc) is 2.72. The summed E-state index contributed by atoms with van der Waals surface area (Å²) in [5, 5.41) is 0. The van der Waals surface area contributed by atoms with Crippen LogP contribution in [0.4, 0.5) is 22.0 Å². The Morgan fingerprint density at radius 2 is 1.57 bits per heavy atom. The van der Waals surface area contributed by atoms with Crippen LogP contribution in [-0.2, 0) is 6.11 Å². The molecule has 0 amide bonds. The van der Waals surface area contributed by atoms with Crippen molar-refractivity contribution in [1.29, 1.82) is 0 Å². The van der Waals surface area contributed by atoms with Gasteiger partial charge in [-0.25, -0.2) is 13.2 Å². The molecule has 2 aromatic rings. The smallest absolute Gasteiger partial charge is 0.426 e. The predicted octanol–water partition coefficient (Wildman–Crippen LogP) is 7.86. The quantitative estimate of drug-likeness (QED) is 0.250. The highest BCUT2D eigenvalue weighted by molar-refractivity contribution is 5.30. The summed E-state index contributed by atoms with van der Waals surface area (Å²) < 4.78 is 72.8. The number of unbranched alkanes of at least 4 members (excludes halogenated alkanes) is 1. The van der Waals surface area contributed by atoms with Crippen molar-refractivity contribution in [1.82, 2.24) is 0 Å². The van der Waals surface area contributed by atoms with Gasteiger partial charge in [0.05, 0.1) is 5.56 Å². The summed E-state index contributed by atoms with van der Waals surface area (Å²) in [4.78, 5) is 0. The molecule has 6 heteroatoms. The van der Waals surface area contributed by atoms with Gasteiger partial charge in [0.1, 0.15) is 5.75 Å². The molecule has 0 saturated heterocycles. The normalized spacial score (nSPS) is 19.9. The SMILES string of the molecule is CCCC=C[C@H]1CC[C@H](c2ccc(C(F)(F)Oc3cc(F)c(F)c(F)c3)cc2)CC1. The van der Waals surface area contributed by atoms with Crippen molar-refractivity contribution in [2.24, 2.45) is 5.92 Å². The van der Waals surface area contributed by atoms with Crippen LogP contribution in [0.25, 0.3) is 0 Å². The first-order chi connectivity index (χ1) is 14.3. The largest absolute Gasteiger partial charge is 0.429 e. The lowest BCUT2D eigenvalue weighted by Crippen LogP contribution is -2.22. The van der Waals surface area contributed by atoms with Crippen LogP contribution in [0.5, 0.6) is 5.75 Å². The summed E-state index contributed by atoms with van der Waals surface area (Å²) in [5.41, 5.74) is 0.553. The van der Waals surface area contributed by atoms with E-state index in [4.69, 9.17) is 0 Å². The topological polar surface area (TPSA) is 9.23 Å². The minimum Gasteiger partial charge on any atom is -0.429 e. The number of alkyl halides is 2. The molecule has 1 saturated carbocycles. The van der Waals surface area contributed by atoms with Gasteiger partial charge in [-0.15, -0.1) is 0 Å². The Morgan fingerprint density at radius 3 is 2.13 bits per heavy atom. The van der Waals surface area contributed by atoms with Gasteiger partial charge in [-0.3, -0.25) is 0 Å². The van der Waals surface area contributed by atoms with E-state index in [0.29, 0.717) is 24.0 Å². The minimum atomic E-state index is -3.81. The Kier molecular flexibility index (Phi) is 7.16. The molecule has 1 fully saturated rings. The maximum absolute atomic E-state index is 14.4. The van der Waals surface area contributed by atoms with Crippen LogP contribution in [0.1, 0.15) is 62.5 Å². The van der Waals surface area contributed by atoms with Gasteiger partial charge in [0.15, 0.2) is 17.5 Å². The van der Waals surface area contributed by atoms with E-state index >= 15 is 0 Å². The van der Waals surface area contributed by atoms with Crippen molar-refractivity contribution in [3.8, 4) is 5.75 Å². The summed E-state index contributed by atoms with van der Waals surface area (Å²) in [5.74, 6) is -4.78.